The Morgan fingerprint density at radius 1 is 0.481 bits per heavy atom. The van der Waals surface area contributed by atoms with Crippen LogP contribution in [-0.2, 0) is 0 Å². The maximum atomic E-state index is 14.0. The largest absolute Gasteiger partial charge is 0.478 e. The summed E-state index contributed by atoms with van der Waals surface area (Å²) in [6.07, 6.45) is 0. The Labute approximate surface area is 149 Å². The molecule has 0 aliphatic rings. The van der Waals surface area contributed by atoms with Crippen molar-refractivity contribution in [2.24, 2.45) is 0 Å². The number of aromatic carboxylic acids is 2. The lowest BCUT2D eigenvalue weighted by Gasteiger charge is -2.15. The fourth-order valence-electron chi connectivity index (χ4n) is 2.13. The second-order valence-corrected chi connectivity index (χ2v) is 4.62. The van der Waals surface area contributed by atoms with Crippen molar-refractivity contribution in [1.29, 1.82) is 0 Å². The van der Waals surface area contributed by atoms with Crippen LogP contribution in [0.3, 0.4) is 0 Å². The summed E-state index contributed by atoms with van der Waals surface area (Å²) in [6, 6.07) is 0. The second-order valence-electron chi connectivity index (χ2n) is 4.62. The Morgan fingerprint density at radius 3 is 1.15 bits per heavy atom. The summed E-state index contributed by atoms with van der Waals surface area (Å²) in [7, 11) is 0. The van der Waals surface area contributed by atoms with Gasteiger partial charge in [0.05, 0.1) is 11.1 Å². The van der Waals surface area contributed by atoms with Crippen LogP contribution >= 0.6 is 12.4 Å². The molecular formula is C14H3ClF8O4. The number of benzene rings is 2. The van der Waals surface area contributed by atoms with Crippen molar-refractivity contribution in [3.8, 4) is 11.1 Å². The molecule has 0 bridgehead atoms. The predicted molar refractivity (Wildman–Crippen MR) is 72.7 cm³/mol. The van der Waals surface area contributed by atoms with Gasteiger partial charge in [-0.2, -0.15) is 0 Å². The van der Waals surface area contributed by atoms with Crippen molar-refractivity contribution in [1.82, 2.24) is 0 Å². The van der Waals surface area contributed by atoms with Gasteiger partial charge in [-0.05, 0) is 0 Å². The van der Waals surface area contributed by atoms with Crippen LogP contribution in [0.2, 0.25) is 0 Å². The molecule has 27 heavy (non-hydrogen) atoms. The highest BCUT2D eigenvalue weighted by molar-refractivity contribution is 6.07. The second kappa shape index (κ2) is 7.39. The zero-order valence-electron chi connectivity index (χ0n) is 12.1. The van der Waals surface area contributed by atoms with E-state index in [0.717, 1.165) is 0 Å². The van der Waals surface area contributed by atoms with Crippen LogP contribution in [0.5, 0.6) is 0 Å². The van der Waals surface area contributed by atoms with E-state index in [-0.39, 0.29) is 12.4 Å². The zero-order chi connectivity index (χ0) is 20.1. The fraction of sp³-hybridized carbons (Fsp3) is 0. The van der Waals surface area contributed by atoms with E-state index in [1.54, 1.807) is 0 Å². The van der Waals surface area contributed by atoms with Crippen LogP contribution in [0.4, 0.5) is 35.1 Å². The van der Waals surface area contributed by atoms with Gasteiger partial charge in [-0.15, -0.1) is 12.4 Å². The van der Waals surface area contributed by atoms with Gasteiger partial charge in [-0.25, -0.2) is 44.7 Å². The van der Waals surface area contributed by atoms with Crippen molar-refractivity contribution in [3.05, 3.63) is 57.7 Å². The molecule has 2 aromatic carbocycles. The first-order valence-corrected chi connectivity index (χ1v) is 6.12. The minimum Gasteiger partial charge on any atom is -0.478 e. The van der Waals surface area contributed by atoms with Crippen LogP contribution in [0, 0.1) is 46.5 Å². The standard InChI is InChI=1S/C14H2F8O4.ClH/c15-5-1(3-6(16)10(20)12(22)11(21)7(3)17)2(13(23)24)4(14(25)26)8(18)9(5)19;/h(H,23,24)(H,25,26);1H. The first-order valence-electron chi connectivity index (χ1n) is 6.12. The highest BCUT2D eigenvalue weighted by Crippen LogP contribution is 2.38. The molecule has 2 rings (SSSR count). The highest BCUT2D eigenvalue weighted by Gasteiger charge is 2.37. The Morgan fingerprint density at radius 2 is 0.778 bits per heavy atom. The number of hydrogen-bond acceptors (Lipinski definition) is 2. The van der Waals surface area contributed by atoms with Gasteiger partial charge in [-0.3, -0.25) is 0 Å². The molecule has 13 heteroatoms. The smallest absolute Gasteiger partial charge is 0.339 e. The van der Waals surface area contributed by atoms with Crippen molar-refractivity contribution in [3.63, 3.8) is 0 Å². The Balaban J connectivity index is 0.00000364. The van der Waals surface area contributed by atoms with Gasteiger partial charge in [-0.1, -0.05) is 0 Å². The Kier molecular flexibility index (Phi) is 6.06. The first-order chi connectivity index (χ1) is 11.9. The van der Waals surface area contributed by atoms with E-state index < -0.39 is 80.7 Å². The third-order valence-corrected chi connectivity index (χ3v) is 3.21. The molecule has 0 saturated carbocycles. The van der Waals surface area contributed by atoms with Gasteiger partial charge < -0.3 is 10.2 Å². The molecule has 0 unspecified atom stereocenters. The van der Waals surface area contributed by atoms with Crippen LogP contribution in [0.15, 0.2) is 0 Å². The molecule has 0 saturated heterocycles. The highest BCUT2D eigenvalue weighted by atomic mass is 35.5. The molecule has 4 nitrogen and oxygen atoms in total. The lowest BCUT2D eigenvalue weighted by atomic mass is 9.92. The Bertz CT molecular complexity index is 963. The molecule has 2 N–H and O–H groups in total. The quantitative estimate of drug-likeness (QED) is 0.440. The molecule has 0 amide bonds. The van der Waals surface area contributed by atoms with Gasteiger partial charge in [0.2, 0.25) is 5.82 Å². The molecule has 0 atom stereocenters. The van der Waals surface area contributed by atoms with Gasteiger partial charge in [0, 0.05) is 5.56 Å². The zero-order valence-corrected chi connectivity index (χ0v) is 13.0. The van der Waals surface area contributed by atoms with Gasteiger partial charge in [0.1, 0.15) is 5.56 Å². The van der Waals surface area contributed by atoms with Crippen molar-refractivity contribution in [2.75, 3.05) is 0 Å². The lowest BCUT2D eigenvalue weighted by molar-refractivity contribution is 0.0645. The molecule has 0 fully saturated rings. The van der Waals surface area contributed by atoms with Crippen molar-refractivity contribution >= 4 is 24.3 Å². The monoisotopic (exact) mass is 422 g/mol. The number of carbonyl (C=O) groups is 2. The average molecular weight is 423 g/mol. The molecular weight excluding hydrogens is 420 g/mol. The minimum atomic E-state index is -2.73. The summed E-state index contributed by atoms with van der Waals surface area (Å²) in [5, 5.41) is 17.7. The van der Waals surface area contributed by atoms with Crippen LogP contribution in [0.1, 0.15) is 20.7 Å². The van der Waals surface area contributed by atoms with Crippen LogP contribution in [0.25, 0.3) is 11.1 Å². The van der Waals surface area contributed by atoms with E-state index in [4.69, 9.17) is 10.2 Å². The van der Waals surface area contributed by atoms with Gasteiger partial charge in [0.25, 0.3) is 0 Å². The van der Waals surface area contributed by atoms with E-state index in [0.29, 0.717) is 0 Å². The van der Waals surface area contributed by atoms with E-state index in [2.05, 4.69) is 0 Å². The number of hydrogen-bond donors (Lipinski definition) is 2. The summed E-state index contributed by atoms with van der Waals surface area (Å²) >= 11 is 0. The maximum Gasteiger partial charge on any atom is 0.339 e. The number of halogens is 9. The molecule has 146 valence electrons. The van der Waals surface area contributed by atoms with E-state index in [1.165, 1.54) is 0 Å². The normalized spacial score (nSPS) is 10.5. The summed E-state index contributed by atoms with van der Waals surface area (Å²) in [6.45, 7) is 0. The molecule has 0 aromatic heterocycles. The third kappa shape index (κ3) is 3.16. The summed E-state index contributed by atoms with van der Waals surface area (Å²) in [5.74, 6) is -26.4. The van der Waals surface area contributed by atoms with Crippen LogP contribution in [-0.4, -0.2) is 22.2 Å². The molecule has 0 radical (unpaired) electrons. The predicted octanol–water partition coefficient (Wildman–Crippen LogP) is 4.28. The molecule has 0 spiro atoms. The van der Waals surface area contributed by atoms with Gasteiger partial charge >= 0.3 is 11.9 Å². The van der Waals surface area contributed by atoms with Crippen molar-refractivity contribution < 1.29 is 54.9 Å². The van der Waals surface area contributed by atoms with Crippen LogP contribution < -0.4 is 0 Å². The van der Waals surface area contributed by atoms with E-state index in [9.17, 15) is 44.7 Å². The summed E-state index contributed by atoms with van der Waals surface area (Å²) in [5.41, 5.74) is -8.54. The molecule has 0 heterocycles. The SMILES string of the molecule is Cl.O=C(O)c1c(F)c(F)c(F)c(-c2c(F)c(F)c(F)c(F)c2F)c1C(=O)O. The van der Waals surface area contributed by atoms with E-state index >= 15 is 0 Å². The van der Waals surface area contributed by atoms with Crippen molar-refractivity contribution in [2.45, 2.75) is 0 Å². The Hall–Kier alpha value is -2.89. The third-order valence-electron chi connectivity index (χ3n) is 3.21. The topological polar surface area (TPSA) is 74.6 Å². The minimum absolute atomic E-state index is 0. The fourth-order valence-corrected chi connectivity index (χ4v) is 2.13. The molecule has 0 aliphatic carbocycles. The summed E-state index contributed by atoms with van der Waals surface area (Å²) in [4.78, 5) is 22.1. The number of carboxylic acid groups (broad SMARTS) is 2. The van der Waals surface area contributed by atoms with Gasteiger partial charge in [0.15, 0.2) is 40.7 Å². The first kappa shape index (κ1) is 22.2. The summed E-state index contributed by atoms with van der Waals surface area (Å²) < 4.78 is 108. The van der Waals surface area contributed by atoms with E-state index in [1.807, 2.05) is 0 Å². The average Bonchev–Trinajstić information content (AvgIpc) is 2.57. The lowest BCUT2D eigenvalue weighted by Crippen LogP contribution is -2.18. The molecule has 0 aliphatic heterocycles. The number of rotatable bonds is 3. The molecule has 2 aromatic rings. The maximum absolute atomic E-state index is 14.0. The number of carboxylic acids is 2.